The van der Waals surface area contributed by atoms with Crippen LogP contribution in [0.5, 0.6) is 0 Å². The fraction of sp³-hybridized carbons (Fsp3) is 0.810. The summed E-state index contributed by atoms with van der Waals surface area (Å²) in [7, 11) is 0. The lowest BCUT2D eigenvalue weighted by Crippen LogP contribution is -2.46. The lowest BCUT2D eigenvalue weighted by molar-refractivity contribution is -0.154. The number of rotatable bonds is 3. The van der Waals surface area contributed by atoms with Gasteiger partial charge in [-0.2, -0.15) is 0 Å². The maximum Gasteiger partial charge on any atom is 0.302 e. The maximum atomic E-state index is 11.8. The topological polar surface area (TPSA) is 43.4 Å². The number of fused-ring (bicyclic) bond motifs is 1. The number of allylic oxidation sites excluding steroid dienone is 1. The molecule has 3 aliphatic carbocycles. The third-order valence-corrected chi connectivity index (χ3v) is 7.88. The number of carbonyl (C=O) groups excluding carboxylic acids is 2. The Bertz CT molecular complexity index is 539. The van der Waals surface area contributed by atoms with Gasteiger partial charge in [0.2, 0.25) is 0 Å². The highest BCUT2D eigenvalue weighted by Gasteiger charge is 2.52. The smallest absolute Gasteiger partial charge is 0.302 e. The Morgan fingerprint density at radius 1 is 1.17 bits per heavy atom. The van der Waals surface area contributed by atoms with E-state index in [2.05, 4.69) is 20.4 Å². The molecule has 0 spiro atoms. The first-order chi connectivity index (χ1) is 11.3. The highest BCUT2D eigenvalue weighted by atomic mass is 16.5. The van der Waals surface area contributed by atoms with Crippen LogP contribution in [0.1, 0.15) is 72.1 Å². The summed E-state index contributed by atoms with van der Waals surface area (Å²) in [5, 5.41) is 0. The van der Waals surface area contributed by atoms with Gasteiger partial charge in [0.1, 0.15) is 12.4 Å². The number of aldehydes is 1. The molecule has 0 N–H and O–H groups in total. The monoisotopic (exact) mass is 332 g/mol. The average molecular weight is 332 g/mol. The molecule has 0 aromatic carbocycles. The first-order valence-electron chi connectivity index (χ1n) is 9.60. The van der Waals surface area contributed by atoms with Crippen molar-refractivity contribution in [1.29, 1.82) is 0 Å². The van der Waals surface area contributed by atoms with Gasteiger partial charge in [-0.25, -0.2) is 0 Å². The summed E-state index contributed by atoms with van der Waals surface area (Å²) in [6.45, 7) is 10.5. The van der Waals surface area contributed by atoms with Gasteiger partial charge in [-0.15, -0.1) is 0 Å². The second-order valence-corrected chi connectivity index (χ2v) is 8.98. The normalized spacial score (nSPS) is 45.5. The highest BCUT2D eigenvalue weighted by Crippen LogP contribution is 2.60. The summed E-state index contributed by atoms with van der Waals surface area (Å²) >= 11 is 0. The van der Waals surface area contributed by atoms with Crippen LogP contribution in [0.15, 0.2) is 12.2 Å². The molecule has 0 heterocycles. The van der Waals surface area contributed by atoms with Gasteiger partial charge in [0.25, 0.3) is 0 Å². The molecule has 0 aromatic heterocycles. The van der Waals surface area contributed by atoms with Crippen LogP contribution >= 0.6 is 0 Å². The SMILES string of the molecule is C=C1CCC2CC([C@@]3(C)CC[C@H](OC(C)=O)C[C@@H]3C=O)CC[C@]12C. The lowest BCUT2D eigenvalue weighted by atomic mass is 9.53. The summed E-state index contributed by atoms with van der Waals surface area (Å²) < 4.78 is 5.39. The Balaban J connectivity index is 1.73. The maximum absolute atomic E-state index is 11.8. The van der Waals surface area contributed by atoms with E-state index in [-0.39, 0.29) is 23.4 Å². The quantitative estimate of drug-likeness (QED) is 0.427. The van der Waals surface area contributed by atoms with E-state index in [1.807, 2.05) is 0 Å². The van der Waals surface area contributed by atoms with E-state index in [4.69, 9.17) is 4.74 Å². The van der Waals surface area contributed by atoms with Crippen molar-refractivity contribution in [2.45, 2.75) is 78.2 Å². The standard InChI is InChI=1S/C21H32O3/c1-14-5-6-16-11-17(7-9-20(14,16)3)21(4)10-8-19(24-15(2)23)12-18(21)13-22/h13,16-19H,1,5-12H2,2-4H3/t16?,17?,18-,19+,20-,21-/m1/s1. The Hall–Kier alpha value is -1.12. The molecule has 0 aliphatic heterocycles. The van der Waals surface area contributed by atoms with Crippen molar-refractivity contribution in [2.24, 2.45) is 28.6 Å². The number of ether oxygens (including phenoxy) is 1. The first-order valence-corrected chi connectivity index (χ1v) is 9.60. The van der Waals surface area contributed by atoms with E-state index in [1.165, 1.54) is 44.6 Å². The van der Waals surface area contributed by atoms with Crippen molar-refractivity contribution < 1.29 is 14.3 Å². The van der Waals surface area contributed by atoms with E-state index in [0.29, 0.717) is 17.8 Å². The predicted octanol–water partition coefficient (Wildman–Crippen LogP) is 4.70. The fourth-order valence-electron chi connectivity index (χ4n) is 5.92. The second kappa shape index (κ2) is 6.31. The molecule has 134 valence electrons. The van der Waals surface area contributed by atoms with Crippen LogP contribution < -0.4 is 0 Å². The van der Waals surface area contributed by atoms with Crippen LogP contribution in [0.25, 0.3) is 0 Å². The molecule has 6 atom stereocenters. The highest BCUT2D eigenvalue weighted by molar-refractivity contribution is 5.66. The molecule has 3 saturated carbocycles. The Labute approximate surface area is 146 Å². The molecule has 24 heavy (non-hydrogen) atoms. The minimum Gasteiger partial charge on any atom is -0.463 e. The van der Waals surface area contributed by atoms with Crippen molar-refractivity contribution in [1.82, 2.24) is 0 Å². The van der Waals surface area contributed by atoms with Gasteiger partial charge in [-0.3, -0.25) is 4.79 Å². The Morgan fingerprint density at radius 2 is 1.92 bits per heavy atom. The van der Waals surface area contributed by atoms with Crippen LogP contribution in [0.2, 0.25) is 0 Å². The summed E-state index contributed by atoms with van der Waals surface area (Å²) in [5.41, 5.74) is 1.84. The summed E-state index contributed by atoms with van der Waals surface area (Å²) in [5.74, 6) is 1.12. The number of carbonyl (C=O) groups is 2. The van der Waals surface area contributed by atoms with E-state index >= 15 is 0 Å². The van der Waals surface area contributed by atoms with Gasteiger partial charge in [0.15, 0.2) is 0 Å². The molecule has 3 heteroatoms. The van der Waals surface area contributed by atoms with E-state index < -0.39 is 0 Å². The zero-order valence-corrected chi connectivity index (χ0v) is 15.5. The first kappa shape index (κ1) is 17.7. The molecular formula is C21H32O3. The molecule has 0 bridgehead atoms. The zero-order chi connectivity index (χ0) is 17.5. The van der Waals surface area contributed by atoms with Crippen molar-refractivity contribution in [3.63, 3.8) is 0 Å². The van der Waals surface area contributed by atoms with Crippen molar-refractivity contribution >= 4 is 12.3 Å². The molecule has 3 fully saturated rings. The molecule has 3 nitrogen and oxygen atoms in total. The summed E-state index contributed by atoms with van der Waals surface area (Å²) in [4.78, 5) is 23.1. The van der Waals surface area contributed by atoms with Crippen LogP contribution in [-0.4, -0.2) is 18.4 Å². The van der Waals surface area contributed by atoms with Crippen LogP contribution in [-0.2, 0) is 14.3 Å². The second-order valence-electron chi connectivity index (χ2n) is 8.98. The van der Waals surface area contributed by atoms with Crippen LogP contribution in [0, 0.1) is 28.6 Å². The minimum absolute atomic E-state index is 0.00885. The number of hydrogen-bond donors (Lipinski definition) is 0. The summed E-state index contributed by atoms with van der Waals surface area (Å²) in [6, 6.07) is 0. The van der Waals surface area contributed by atoms with Gasteiger partial charge in [-0.1, -0.05) is 26.0 Å². The molecule has 3 aliphatic rings. The molecule has 2 unspecified atom stereocenters. The van der Waals surface area contributed by atoms with Crippen LogP contribution in [0.4, 0.5) is 0 Å². The van der Waals surface area contributed by atoms with Gasteiger partial charge in [-0.05, 0) is 74.0 Å². The van der Waals surface area contributed by atoms with Crippen LogP contribution in [0.3, 0.4) is 0 Å². The summed E-state index contributed by atoms with van der Waals surface area (Å²) in [6.07, 6.45) is 9.73. The molecule has 0 aromatic rings. The molecule has 0 saturated heterocycles. The zero-order valence-electron chi connectivity index (χ0n) is 15.5. The number of hydrogen-bond acceptors (Lipinski definition) is 3. The Kier molecular flexibility index (Phi) is 4.65. The Morgan fingerprint density at radius 3 is 2.58 bits per heavy atom. The van der Waals surface area contributed by atoms with Crippen molar-refractivity contribution in [3.8, 4) is 0 Å². The van der Waals surface area contributed by atoms with E-state index in [1.54, 1.807) is 0 Å². The van der Waals surface area contributed by atoms with Gasteiger partial charge in [0, 0.05) is 12.8 Å². The minimum atomic E-state index is -0.230. The van der Waals surface area contributed by atoms with Gasteiger partial charge < -0.3 is 9.53 Å². The van der Waals surface area contributed by atoms with Gasteiger partial charge in [0.05, 0.1) is 0 Å². The molecule has 3 rings (SSSR count). The fourth-order valence-corrected chi connectivity index (χ4v) is 5.92. The third-order valence-electron chi connectivity index (χ3n) is 7.88. The van der Waals surface area contributed by atoms with E-state index in [0.717, 1.165) is 25.0 Å². The van der Waals surface area contributed by atoms with E-state index in [9.17, 15) is 9.59 Å². The van der Waals surface area contributed by atoms with Crippen molar-refractivity contribution in [2.75, 3.05) is 0 Å². The molecule has 0 radical (unpaired) electrons. The third kappa shape index (κ3) is 2.84. The predicted molar refractivity (Wildman–Crippen MR) is 94.4 cm³/mol. The van der Waals surface area contributed by atoms with Crippen molar-refractivity contribution in [3.05, 3.63) is 12.2 Å². The molecular weight excluding hydrogens is 300 g/mol. The lowest BCUT2D eigenvalue weighted by Gasteiger charge is -2.52. The van der Waals surface area contributed by atoms with Gasteiger partial charge >= 0.3 is 5.97 Å². The largest absolute Gasteiger partial charge is 0.463 e. The molecule has 0 amide bonds. The number of esters is 1. The average Bonchev–Trinajstić information content (AvgIpc) is 2.83.